The Morgan fingerprint density at radius 3 is 2.26 bits per heavy atom. The number of carbonyl (C=O) groups is 2. The molecule has 0 aromatic heterocycles. The van der Waals surface area contributed by atoms with Gasteiger partial charge in [0.15, 0.2) is 0 Å². The molecule has 2 amide bonds. The largest absolute Gasteiger partial charge is 0.378 e. The van der Waals surface area contributed by atoms with Crippen molar-refractivity contribution in [3.8, 4) is 0 Å². The molecule has 0 aliphatic carbocycles. The molecule has 1 fully saturated rings. The van der Waals surface area contributed by atoms with Crippen LogP contribution in [-0.2, 0) is 11.3 Å². The molecule has 1 aliphatic rings. The highest BCUT2D eigenvalue weighted by Gasteiger charge is 2.35. The monoisotopic (exact) mass is 383 g/mol. The minimum absolute atomic E-state index is 0.0334. The van der Waals surface area contributed by atoms with Gasteiger partial charge in [-0.1, -0.05) is 24.3 Å². The summed E-state index contributed by atoms with van der Waals surface area (Å²) in [4.78, 5) is 38.5. The first-order chi connectivity index (χ1) is 12.8. The topological polar surface area (TPSA) is 83.8 Å². The number of carbonyl (C=O) groups excluding carboxylic acids is 2. The van der Waals surface area contributed by atoms with Crippen molar-refractivity contribution in [3.63, 3.8) is 0 Å². The predicted octanol–water partition coefficient (Wildman–Crippen LogP) is 3.90. The highest BCUT2D eigenvalue weighted by molar-refractivity contribution is 8.18. The molecule has 3 rings (SSSR count). The molecule has 27 heavy (non-hydrogen) atoms. The molecular formula is C19H17N3O4S. The maximum Gasteiger partial charge on any atom is 0.293 e. The maximum atomic E-state index is 12.6. The lowest BCUT2D eigenvalue weighted by Gasteiger charge is -2.12. The quantitative estimate of drug-likeness (QED) is 0.442. The van der Waals surface area contributed by atoms with Crippen molar-refractivity contribution in [1.82, 2.24) is 4.90 Å². The van der Waals surface area contributed by atoms with Crippen LogP contribution in [-0.4, -0.2) is 35.1 Å². The van der Waals surface area contributed by atoms with Gasteiger partial charge in [-0.2, -0.15) is 0 Å². The summed E-state index contributed by atoms with van der Waals surface area (Å²) in [5, 5.41) is 10.4. The molecule has 2 aromatic rings. The minimum Gasteiger partial charge on any atom is -0.378 e. The third-order valence-electron chi connectivity index (χ3n) is 4.07. The Morgan fingerprint density at radius 2 is 1.70 bits per heavy atom. The fourth-order valence-electron chi connectivity index (χ4n) is 2.56. The molecule has 138 valence electrons. The van der Waals surface area contributed by atoms with Gasteiger partial charge < -0.3 is 4.90 Å². The Kier molecular flexibility index (Phi) is 5.27. The van der Waals surface area contributed by atoms with Gasteiger partial charge in [-0.3, -0.25) is 24.6 Å². The molecule has 0 spiro atoms. The lowest BCUT2D eigenvalue weighted by molar-refractivity contribution is -0.384. The van der Waals surface area contributed by atoms with E-state index in [0.29, 0.717) is 10.5 Å². The average Bonchev–Trinajstić information content (AvgIpc) is 2.90. The number of thioether (sulfide) groups is 1. The highest BCUT2D eigenvalue weighted by atomic mass is 32.2. The van der Waals surface area contributed by atoms with Gasteiger partial charge >= 0.3 is 0 Å². The fourth-order valence-corrected chi connectivity index (χ4v) is 3.40. The molecule has 0 saturated carbocycles. The first-order valence-electron chi connectivity index (χ1n) is 8.11. The van der Waals surface area contributed by atoms with Crippen molar-refractivity contribution >= 4 is 40.4 Å². The number of nitro benzene ring substituents is 1. The number of amides is 2. The van der Waals surface area contributed by atoms with Crippen LogP contribution < -0.4 is 4.90 Å². The molecule has 0 radical (unpaired) electrons. The van der Waals surface area contributed by atoms with Crippen molar-refractivity contribution in [2.75, 3.05) is 19.0 Å². The van der Waals surface area contributed by atoms with Gasteiger partial charge in [0.05, 0.1) is 16.4 Å². The summed E-state index contributed by atoms with van der Waals surface area (Å²) in [5.74, 6) is -0.361. The number of rotatable bonds is 5. The minimum atomic E-state index is -0.492. The Hall–Kier alpha value is -3.13. The molecule has 0 bridgehead atoms. The van der Waals surface area contributed by atoms with Crippen LogP contribution in [0.25, 0.3) is 6.08 Å². The van der Waals surface area contributed by atoms with E-state index in [1.54, 1.807) is 18.2 Å². The van der Waals surface area contributed by atoms with E-state index in [0.717, 1.165) is 27.9 Å². The first kappa shape index (κ1) is 18.7. The van der Waals surface area contributed by atoms with E-state index in [9.17, 15) is 19.7 Å². The van der Waals surface area contributed by atoms with Crippen molar-refractivity contribution in [3.05, 3.63) is 74.7 Å². The third-order valence-corrected chi connectivity index (χ3v) is 4.98. The number of imide groups is 1. The summed E-state index contributed by atoms with van der Waals surface area (Å²) < 4.78 is 0. The first-order valence-corrected chi connectivity index (χ1v) is 8.93. The number of anilines is 1. The van der Waals surface area contributed by atoms with Gasteiger partial charge in [0.1, 0.15) is 0 Å². The summed E-state index contributed by atoms with van der Waals surface area (Å²) in [6, 6.07) is 13.5. The van der Waals surface area contributed by atoms with Crippen molar-refractivity contribution < 1.29 is 14.5 Å². The Balaban J connectivity index is 1.75. The zero-order valence-electron chi connectivity index (χ0n) is 14.8. The summed E-state index contributed by atoms with van der Waals surface area (Å²) in [5.41, 5.74) is 2.49. The van der Waals surface area contributed by atoms with Gasteiger partial charge in [-0.25, -0.2) is 0 Å². The second kappa shape index (κ2) is 7.63. The van der Waals surface area contributed by atoms with Crippen LogP contribution >= 0.6 is 11.8 Å². The normalized spacial score (nSPS) is 15.5. The number of non-ortho nitro benzene ring substituents is 1. The Morgan fingerprint density at radius 1 is 1.07 bits per heavy atom. The maximum absolute atomic E-state index is 12.6. The van der Waals surface area contributed by atoms with E-state index in [4.69, 9.17) is 0 Å². The van der Waals surface area contributed by atoms with Gasteiger partial charge in [-0.05, 0) is 41.1 Å². The number of nitrogens with zero attached hydrogens (tertiary/aromatic N) is 3. The van der Waals surface area contributed by atoms with Crippen LogP contribution in [0.2, 0.25) is 0 Å². The van der Waals surface area contributed by atoms with E-state index in [1.165, 1.54) is 12.1 Å². The van der Waals surface area contributed by atoms with Crippen molar-refractivity contribution in [2.24, 2.45) is 0 Å². The summed E-state index contributed by atoms with van der Waals surface area (Å²) in [7, 11) is 3.89. The Bertz CT molecular complexity index is 921. The highest BCUT2D eigenvalue weighted by Crippen LogP contribution is 2.33. The molecule has 0 unspecified atom stereocenters. The number of benzene rings is 2. The lowest BCUT2D eigenvalue weighted by Crippen LogP contribution is -2.27. The van der Waals surface area contributed by atoms with E-state index in [-0.39, 0.29) is 23.4 Å². The molecule has 1 heterocycles. The van der Waals surface area contributed by atoms with Gasteiger partial charge in [0.2, 0.25) is 0 Å². The van der Waals surface area contributed by atoms with Crippen molar-refractivity contribution in [2.45, 2.75) is 6.54 Å². The van der Waals surface area contributed by atoms with Gasteiger partial charge in [-0.15, -0.1) is 0 Å². The summed E-state index contributed by atoms with van der Waals surface area (Å²) >= 11 is 0.894. The van der Waals surface area contributed by atoms with Crippen LogP contribution in [0.4, 0.5) is 16.2 Å². The fraction of sp³-hybridized carbons (Fsp3) is 0.158. The molecule has 1 aliphatic heterocycles. The molecule has 8 heteroatoms. The van der Waals surface area contributed by atoms with E-state index >= 15 is 0 Å². The molecule has 1 saturated heterocycles. The predicted molar refractivity (Wildman–Crippen MR) is 105 cm³/mol. The van der Waals surface area contributed by atoms with E-state index < -0.39 is 4.92 Å². The van der Waals surface area contributed by atoms with Crippen LogP contribution in [0, 0.1) is 10.1 Å². The zero-order valence-corrected chi connectivity index (χ0v) is 15.6. The summed E-state index contributed by atoms with van der Waals surface area (Å²) in [6.07, 6.45) is 1.69. The van der Waals surface area contributed by atoms with Crippen molar-refractivity contribution in [1.29, 1.82) is 0 Å². The summed E-state index contributed by atoms with van der Waals surface area (Å²) in [6.45, 7) is 0.0829. The number of hydrogen-bond acceptors (Lipinski definition) is 6. The second-order valence-electron chi connectivity index (χ2n) is 6.18. The average molecular weight is 383 g/mol. The lowest BCUT2D eigenvalue weighted by atomic mass is 10.1. The van der Waals surface area contributed by atoms with Crippen LogP contribution in [0.1, 0.15) is 11.1 Å². The van der Waals surface area contributed by atoms with Crippen LogP contribution in [0.5, 0.6) is 0 Å². The molecule has 7 nitrogen and oxygen atoms in total. The van der Waals surface area contributed by atoms with Crippen LogP contribution in [0.15, 0.2) is 53.4 Å². The number of nitro groups is 1. The van der Waals surface area contributed by atoms with Gasteiger partial charge in [0, 0.05) is 31.9 Å². The Labute approximate surface area is 160 Å². The number of hydrogen-bond donors (Lipinski definition) is 0. The molecule has 0 atom stereocenters. The van der Waals surface area contributed by atoms with Gasteiger partial charge in [0.25, 0.3) is 16.8 Å². The SMILES string of the molecule is CN(C)c1ccc(/C=C2\SC(=O)N(Cc3ccc([N+](=O)[O-])cc3)C2=O)cc1. The molecule has 0 N–H and O–H groups in total. The van der Waals surface area contributed by atoms with E-state index in [1.807, 2.05) is 43.3 Å². The smallest absolute Gasteiger partial charge is 0.293 e. The van der Waals surface area contributed by atoms with E-state index in [2.05, 4.69) is 0 Å². The zero-order chi connectivity index (χ0) is 19.6. The third kappa shape index (κ3) is 4.17. The standard InChI is InChI=1S/C19H17N3O4S/c1-20(2)15-7-3-13(4-8-15)11-17-18(23)21(19(24)27-17)12-14-5-9-16(10-6-14)22(25)26/h3-11H,12H2,1-2H3/b17-11-. The second-order valence-corrected chi connectivity index (χ2v) is 7.17. The molecular weight excluding hydrogens is 366 g/mol. The van der Waals surface area contributed by atoms with Crippen LogP contribution in [0.3, 0.4) is 0 Å². The molecule has 2 aromatic carbocycles.